The van der Waals surface area contributed by atoms with Crippen LogP contribution < -0.4 is 10.2 Å². The van der Waals surface area contributed by atoms with Gasteiger partial charge in [0.05, 0.1) is 17.6 Å². The van der Waals surface area contributed by atoms with Crippen molar-refractivity contribution in [2.45, 2.75) is 18.9 Å². The third kappa shape index (κ3) is 3.24. The average molecular weight is 380 g/mol. The predicted molar refractivity (Wildman–Crippen MR) is 88.8 cm³/mol. The zero-order valence-electron chi connectivity index (χ0n) is 12.8. The molecular weight excluding hydrogens is 362 g/mol. The number of carbonyl (C=O) groups excluding carboxylic acids is 3. The second-order valence-electron chi connectivity index (χ2n) is 6.04. The highest BCUT2D eigenvalue weighted by molar-refractivity contribution is 9.10. The molecule has 2 aliphatic rings. The van der Waals surface area contributed by atoms with Crippen molar-refractivity contribution >= 4 is 39.3 Å². The van der Waals surface area contributed by atoms with Crippen molar-refractivity contribution in [2.24, 2.45) is 5.92 Å². The molecule has 0 spiro atoms. The van der Waals surface area contributed by atoms with E-state index in [9.17, 15) is 14.4 Å². The third-order valence-corrected chi connectivity index (χ3v) is 5.00. The molecule has 2 fully saturated rings. The lowest BCUT2D eigenvalue weighted by Crippen LogP contribution is -2.41. The van der Waals surface area contributed by atoms with Gasteiger partial charge in [-0.2, -0.15) is 0 Å². The third-order valence-electron chi connectivity index (χ3n) is 4.33. The van der Waals surface area contributed by atoms with E-state index in [1.54, 1.807) is 16.8 Å². The normalized spacial score (nSPS) is 24.4. The van der Waals surface area contributed by atoms with Crippen LogP contribution in [0.4, 0.5) is 5.69 Å². The maximum atomic E-state index is 12.4. The molecule has 1 N–H and O–H groups in total. The number of nitrogens with one attached hydrogen (secondary N) is 1. The van der Waals surface area contributed by atoms with E-state index in [1.807, 2.05) is 24.3 Å². The smallest absolute Gasteiger partial charge is 0.227 e. The zero-order valence-corrected chi connectivity index (χ0v) is 14.4. The minimum Gasteiger partial charge on any atom is -0.351 e. The maximum absolute atomic E-state index is 12.4. The van der Waals surface area contributed by atoms with Crippen molar-refractivity contribution in [1.29, 1.82) is 0 Å². The Bertz CT molecular complexity index is 664. The number of hydrogen-bond acceptors (Lipinski definition) is 3. The topological polar surface area (TPSA) is 69.7 Å². The average Bonchev–Trinajstić information content (AvgIpc) is 3.03. The fourth-order valence-electron chi connectivity index (χ4n) is 3.07. The van der Waals surface area contributed by atoms with Crippen LogP contribution in [0.25, 0.3) is 0 Å². The first-order valence-electron chi connectivity index (χ1n) is 7.55. The van der Waals surface area contributed by atoms with E-state index < -0.39 is 0 Å². The predicted octanol–water partition coefficient (Wildman–Crippen LogP) is 1.15. The first-order valence-corrected chi connectivity index (χ1v) is 8.34. The van der Waals surface area contributed by atoms with Crippen LogP contribution in [-0.4, -0.2) is 48.8 Å². The summed E-state index contributed by atoms with van der Waals surface area (Å²) in [5, 5.41) is 2.90. The molecule has 3 rings (SSSR count). The number of nitrogens with zero attached hydrogens (tertiary/aromatic N) is 2. The lowest BCUT2D eigenvalue weighted by Gasteiger charge is -2.19. The van der Waals surface area contributed by atoms with E-state index in [0.29, 0.717) is 19.5 Å². The Morgan fingerprint density at radius 1 is 1.17 bits per heavy atom. The molecule has 2 heterocycles. The summed E-state index contributed by atoms with van der Waals surface area (Å²) in [7, 11) is 1.72. The molecule has 2 aliphatic heterocycles. The van der Waals surface area contributed by atoms with Crippen LogP contribution in [0.2, 0.25) is 0 Å². The van der Waals surface area contributed by atoms with Crippen LogP contribution in [0.15, 0.2) is 28.7 Å². The van der Waals surface area contributed by atoms with E-state index >= 15 is 0 Å². The first-order chi connectivity index (χ1) is 11.0. The largest absolute Gasteiger partial charge is 0.351 e. The Kier molecular flexibility index (Phi) is 4.39. The Hall–Kier alpha value is -1.89. The quantitative estimate of drug-likeness (QED) is 0.856. The minimum absolute atomic E-state index is 0.0349. The Morgan fingerprint density at radius 2 is 1.91 bits per heavy atom. The van der Waals surface area contributed by atoms with Gasteiger partial charge in [0.1, 0.15) is 0 Å². The molecule has 1 aromatic rings. The molecule has 0 aromatic heterocycles. The van der Waals surface area contributed by atoms with Gasteiger partial charge in [-0.1, -0.05) is 12.1 Å². The summed E-state index contributed by atoms with van der Waals surface area (Å²) in [5.41, 5.74) is 0.781. The Balaban J connectivity index is 1.64. The van der Waals surface area contributed by atoms with Crippen molar-refractivity contribution in [2.75, 3.05) is 25.0 Å². The lowest BCUT2D eigenvalue weighted by molar-refractivity contribution is -0.127. The van der Waals surface area contributed by atoms with Gasteiger partial charge in [0, 0.05) is 37.5 Å². The monoisotopic (exact) mass is 379 g/mol. The van der Waals surface area contributed by atoms with Crippen LogP contribution in [-0.2, 0) is 14.4 Å². The number of rotatable bonds is 3. The first kappa shape index (κ1) is 16.0. The Labute approximate surface area is 142 Å². The molecule has 1 aromatic carbocycles. The number of benzene rings is 1. The zero-order chi connectivity index (χ0) is 16.6. The van der Waals surface area contributed by atoms with Crippen molar-refractivity contribution in [3.8, 4) is 0 Å². The van der Waals surface area contributed by atoms with Crippen LogP contribution in [0, 0.1) is 5.92 Å². The second-order valence-corrected chi connectivity index (χ2v) is 6.90. The molecule has 2 saturated heterocycles. The lowest BCUT2D eigenvalue weighted by atomic mass is 10.1. The number of likely N-dealkylation sites (N-methyl/N-ethyl adjacent to an activating group) is 1. The van der Waals surface area contributed by atoms with Gasteiger partial charge in [0.15, 0.2) is 0 Å². The standard InChI is InChI=1S/C16H18BrN3O3/c1-19-9-11(7-14(19)21)18-16(23)10-6-15(22)20(8-10)13-5-3-2-4-12(13)17/h2-5,10-11H,6-9H2,1H3,(H,18,23). The summed E-state index contributed by atoms with van der Waals surface area (Å²) < 4.78 is 0.831. The number of para-hydroxylation sites is 1. The molecule has 7 heteroatoms. The van der Waals surface area contributed by atoms with Gasteiger partial charge < -0.3 is 15.1 Å². The summed E-state index contributed by atoms with van der Waals surface area (Å²) >= 11 is 3.44. The highest BCUT2D eigenvalue weighted by atomic mass is 79.9. The number of likely N-dealkylation sites (tertiary alicyclic amines) is 1. The highest BCUT2D eigenvalue weighted by Crippen LogP contribution is 2.31. The highest BCUT2D eigenvalue weighted by Gasteiger charge is 2.37. The van der Waals surface area contributed by atoms with E-state index in [2.05, 4.69) is 21.2 Å². The molecule has 2 atom stereocenters. The Morgan fingerprint density at radius 3 is 2.57 bits per heavy atom. The van der Waals surface area contributed by atoms with Gasteiger partial charge in [-0.05, 0) is 28.1 Å². The maximum Gasteiger partial charge on any atom is 0.227 e. The van der Waals surface area contributed by atoms with E-state index in [4.69, 9.17) is 0 Å². The molecule has 0 saturated carbocycles. The molecule has 0 radical (unpaired) electrons. The number of amides is 3. The van der Waals surface area contributed by atoms with Crippen molar-refractivity contribution in [3.63, 3.8) is 0 Å². The fraction of sp³-hybridized carbons (Fsp3) is 0.438. The number of halogens is 1. The van der Waals surface area contributed by atoms with Gasteiger partial charge in [-0.25, -0.2) is 0 Å². The molecule has 2 unspecified atom stereocenters. The minimum atomic E-state index is -0.379. The SMILES string of the molecule is CN1CC(NC(=O)C2CC(=O)N(c3ccccc3Br)C2)CC1=O. The molecule has 6 nitrogen and oxygen atoms in total. The van der Waals surface area contributed by atoms with Crippen molar-refractivity contribution in [3.05, 3.63) is 28.7 Å². The summed E-state index contributed by atoms with van der Waals surface area (Å²) in [5.74, 6) is -0.555. The van der Waals surface area contributed by atoms with E-state index in [1.165, 1.54) is 0 Å². The van der Waals surface area contributed by atoms with Gasteiger partial charge in [-0.15, -0.1) is 0 Å². The van der Waals surface area contributed by atoms with Gasteiger partial charge in [0.2, 0.25) is 17.7 Å². The molecule has 0 bridgehead atoms. The van der Waals surface area contributed by atoms with Gasteiger partial charge >= 0.3 is 0 Å². The van der Waals surface area contributed by atoms with Gasteiger partial charge in [0.25, 0.3) is 0 Å². The summed E-state index contributed by atoms with van der Waals surface area (Å²) in [4.78, 5) is 39.4. The van der Waals surface area contributed by atoms with E-state index in [0.717, 1.165) is 10.2 Å². The van der Waals surface area contributed by atoms with Gasteiger partial charge in [-0.3, -0.25) is 14.4 Å². The van der Waals surface area contributed by atoms with Crippen LogP contribution in [0.3, 0.4) is 0 Å². The molecule has 0 aliphatic carbocycles. The molecule has 122 valence electrons. The summed E-state index contributed by atoms with van der Waals surface area (Å²) in [6, 6.07) is 7.31. The summed E-state index contributed by atoms with van der Waals surface area (Å²) in [6.07, 6.45) is 0.528. The van der Waals surface area contributed by atoms with Crippen LogP contribution in [0.5, 0.6) is 0 Å². The molecule has 23 heavy (non-hydrogen) atoms. The van der Waals surface area contributed by atoms with E-state index in [-0.39, 0.29) is 36.1 Å². The number of carbonyl (C=O) groups is 3. The summed E-state index contributed by atoms with van der Waals surface area (Å²) in [6.45, 7) is 0.892. The van der Waals surface area contributed by atoms with Crippen LogP contribution in [0.1, 0.15) is 12.8 Å². The molecule has 3 amide bonds. The number of anilines is 1. The molecular formula is C16H18BrN3O3. The van der Waals surface area contributed by atoms with Crippen molar-refractivity contribution in [1.82, 2.24) is 10.2 Å². The second kappa shape index (κ2) is 6.31. The van der Waals surface area contributed by atoms with Crippen LogP contribution >= 0.6 is 15.9 Å². The number of hydrogen-bond donors (Lipinski definition) is 1. The fourth-order valence-corrected chi connectivity index (χ4v) is 3.56. The van der Waals surface area contributed by atoms with Crippen molar-refractivity contribution < 1.29 is 14.4 Å².